The molecule has 0 saturated heterocycles. The van der Waals surface area contributed by atoms with E-state index >= 15 is 0 Å². The predicted molar refractivity (Wildman–Crippen MR) is 117 cm³/mol. The van der Waals surface area contributed by atoms with Crippen molar-refractivity contribution in [3.05, 3.63) is 96.1 Å². The predicted octanol–water partition coefficient (Wildman–Crippen LogP) is 2.45. The van der Waals surface area contributed by atoms with Crippen LogP contribution in [-0.2, 0) is 17.9 Å². The molecule has 0 aliphatic rings. The average molecular weight is 433 g/mol. The second-order valence-electron chi connectivity index (χ2n) is 6.90. The quantitative estimate of drug-likeness (QED) is 0.287. The van der Waals surface area contributed by atoms with Gasteiger partial charge in [-0.25, -0.2) is 15.3 Å². The summed E-state index contributed by atoms with van der Waals surface area (Å²) in [7, 11) is 0. The summed E-state index contributed by atoms with van der Waals surface area (Å²) in [5.41, 5.74) is 3.53. The van der Waals surface area contributed by atoms with Gasteiger partial charge in [-0.1, -0.05) is 42.5 Å². The summed E-state index contributed by atoms with van der Waals surface area (Å²) in [6.07, 6.45) is 7.88. The summed E-state index contributed by atoms with van der Waals surface area (Å²) in [5, 5.41) is 11.0. The van der Waals surface area contributed by atoms with Gasteiger partial charge in [-0.15, -0.1) is 0 Å². The molecule has 32 heavy (non-hydrogen) atoms. The lowest BCUT2D eigenvalue weighted by Gasteiger charge is -2.23. The van der Waals surface area contributed by atoms with Crippen LogP contribution in [0.3, 0.4) is 0 Å². The van der Waals surface area contributed by atoms with Crippen LogP contribution in [0.4, 0.5) is 4.79 Å². The highest BCUT2D eigenvalue weighted by atomic mass is 16.5. The molecular weight excluding hydrogens is 410 g/mol. The molecule has 1 aromatic heterocycles. The van der Waals surface area contributed by atoms with Crippen LogP contribution < -0.4 is 10.8 Å². The minimum atomic E-state index is -0.625. The first-order valence-corrected chi connectivity index (χ1v) is 9.87. The van der Waals surface area contributed by atoms with Crippen LogP contribution in [0.15, 0.2) is 79.4 Å². The standard InChI is InChI=1S/C23H23N5O4/c29-21(26-32)11-10-18-6-8-19(9-7-18)16-28(15-14-27-13-12-24-17-27)23(31)25-22(30)20-4-2-1-3-5-20/h1-13,17,32H,14-16H2,(H,26,29)(H,25,30,31)/b11-10+. The monoisotopic (exact) mass is 433 g/mol. The second-order valence-corrected chi connectivity index (χ2v) is 6.90. The van der Waals surface area contributed by atoms with Crippen LogP contribution >= 0.6 is 0 Å². The number of imide groups is 1. The van der Waals surface area contributed by atoms with Crippen molar-refractivity contribution in [3.8, 4) is 0 Å². The van der Waals surface area contributed by atoms with Crippen molar-refractivity contribution in [1.82, 2.24) is 25.2 Å². The van der Waals surface area contributed by atoms with E-state index in [1.165, 1.54) is 11.6 Å². The van der Waals surface area contributed by atoms with Gasteiger partial charge < -0.3 is 9.47 Å². The zero-order valence-corrected chi connectivity index (χ0v) is 17.2. The molecule has 0 aliphatic carbocycles. The largest absolute Gasteiger partial charge is 0.336 e. The van der Waals surface area contributed by atoms with E-state index in [9.17, 15) is 14.4 Å². The van der Waals surface area contributed by atoms with Gasteiger partial charge in [0.15, 0.2) is 0 Å². The van der Waals surface area contributed by atoms with Gasteiger partial charge in [-0.05, 0) is 29.3 Å². The number of imidazole rings is 1. The minimum Gasteiger partial charge on any atom is -0.336 e. The first kappa shape index (κ1) is 22.4. The van der Waals surface area contributed by atoms with Crippen molar-refractivity contribution >= 4 is 23.9 Å². The molecule has 1 heterocycles. The second kappa shape index (κ2) is 11.2. The van der Waals surface area contributed by atoms with E-state index in [0.717, 1.165) is 11.1 Å². The lowest BCUT2D eigenvalue weighted by Crippen LogP contribution is -2.43. The van der Waals surface area contributed by atoms with Gasteiger partial charge in [0.1, 0.15) is 0 Å². The fourth-order valence-electron chi connectivity index (χ4n) is 2.91. The van der Waals surface area contributed by atoms with Crippen LogP contribution in [0, 0.1) is 0 Å². The number of urea groups is 1. The summed E-state index contributed by atoms with van der Waals surface area (Å²) in [5.74, 6) is -1.09. The van der Waals surface area contributed by atoms with Crippen LogP contribution in [0.1, 0.15) is 21.5 Å². The van der Waals surface area contributed by atoms with Gasteiger partial charge >= 0.3 is 6.03 Å². The topological polar surface area (TPSA) is 117 Å². The summed E-state index contributed by atoms with van der Waals surface area (Å²) in [6.45, 7) is 1.16. The highest BCUT2D eigenvalue weighted by Crippen LogP contribution is 2.10. The Balaban J connectivity index is 1.69. The normalized spacial score (nSPS) is 10.7. The van der Waals surface area contributed by atoms with Crippen LogP contribution in [0.25, 0.3) is 6.08 Å². The van der Waals surface area contributed by atoms with E-state index in [-0.39, 0.29) is 6.54 Å². The maximum Gasteiger partial charge on any atom is 0.324 e. The zero-order valence-electron chi connectivity index (χ0n) is 17.2. The number of benzene rings is 2. The van der Waals surface area contributed by atoms with Crippen molar-refractivity contribution in [2.24, 2.45) is 0 Å². The molecule has 0 atom stereocenters. The molecule has 0 spiro atoms. The molecule has 0 fully saturated rings. The first-order valence-electron chi connectivity index (χ1n) is 9.87. The van der Waals surface area contributed by atoms with Crippen molar-refractivity contribution in [2.45, 2.75) is 13.1 Å². The number of rotatable bonds is 8. The Hall–Kier alpha value is -4.24. The minimum absolute atomic E-state index is 0.281. The van der Waals surface area contributed by atoms with Crippen molar-refractivity contribution in [3.63, 3.8) is 0 Å². The fourth-order valence-corrected chi connectivity index (χ4v) is 2.91. The van der Waals surface area contributed by atoms with E-state index in [1.807, 2.05) is 16.7 Å². The van der Waals surface area contributed by atoms with Crippen LogP contribution in [0.2, 0.25) is 0 Å². The number of nitrogens with zero attached hydrogens (tertiary/aromatic N) is 3. The molecule has 0 bridgehead atoms. The number of hydroxylamine groups is 1. The average Bonchev–Trinajstić information content (AvgIpc) is 3.35. The van der Waals surface area contributed by atoms with E-state index in [2.05, 4.69) is 10.3 Å². The number of aromatic nitrogens is 2. The third kappa shape index (κ3) is 6.64. The van der Waals surface area contributed by atoms with E-state index in [1.54, 1.807) is 72.2 Å². The fraction of sp³-hybridized carbons (Fsp3) is 0.130. The molecular formula is C23H23N5O4. The maximum absolute atomic E-state index is 12.9. The van der Waals surface area contributed by atoms with Gasteiger partial charge in [0, 0.05) is 43.7 Å². The number of carbonyl (C=O) groups excluding carboxylic acids is 3. The molecule has 0 aliphatic heterocycles. The molecule has 3 N–H and O–H groups in total. The maximum atomic E-state index is 12.9. The van der Waals surface area contributed by atoms with Gasteiger partial charge in [0.2, 0.25) is 0 Å². The van der Waals surface area contributed by atoms with Gasteiger partial charge in [0.05, 0.1) is 6.33 Å². The lowest BCUT2D eigenvalue weighted by atomic mass is 10.1. The first-order chi connectivity index (χ1) is 15.5. The summed E-state index contributed by atoms with van der Waals surface area (Å²) >= 11 is 0. The Labute approximate surface area is 185 Å². The van der Waals surface area contributed by atoms with Crippen molar-refractivity contribution < 1.29 is 19.6 Å². The molecule has 9 heteroatoms. The summed E-state index contributed by atoms with van der Waals surface area (Å²) < 4.78 is 1.85. The highest BCUT2D eigenvalue weighted by Gasteiger charge is 2.17. The number of nitrogens with one attached hydrogen (secondary N) is 2. The summed E-state index contributed by atoms with van der Waals surface area (Å²) in [4.78, 5) is 41.9. The third-order valence-corrected chi connectivity index (χ3v) is 4.62. The number of hydrogen-bond acceptors (Lipinski definition) is 5. The molecule has 4 amide bonds. The Morgan fingerprint density at radius 3 is 2.47 bits per heavy atom. The molecule has 9 nitrogen and oxygen atoms in total. The van der Waals surface area contributed by atoms with E-state index in [4.69, 9.17) is 5.21 Å². The van der Waals surface area contributed by atoms with Gasteiger partial charge in [-0.3, -0.25) is 20.1 Å². The number of hydrogen-bond donors (Lipinski definition) is 3. The van der Waals surface area contributed by atoms with E-state index in [0.29, 0.717) is 18.7 Å². The number of amides is 4. The Morgan fingerprint density at radius 2 is 1.81 bits per heavy atom. The molecule has 164 valence electrons. The Kier molecular flexibility index (Phi) is 7.88. The van der Waals surface area contributed by atoms with Gasteiger partial charge in [0.25, 0.3) is 11.8 Å². The van der Waals surface area contributed by atoms with Crippen molar-refractivity contribution in [2.75, 3.05) is 6.54 Å². The Morgan fingerprint density at radius 1 is 1.06 bits per heavy atom. The molecule has 2 aromatic carbocycles. The molecule has 0 unspecified atom stereocenters. The number of carbonyl (C=O) groups is 3. The Bertz CT molecular complexity index is 1060. The van der Waals surface area contributed by atoms with Gasteiger partial charge in [-0.2, -0.15) is 0 Å². The molecule has 0 radical (unpaired) electrons. The molecule has 3 rings (SSSR count). The van der Waals surface area contributed by atoms with Crippen LogP contribution in [0.5, 0.6) is 0 Å². The molecule has 0 saturated carbocycles. The molecule has 3 aromatic rings. The summed E-state index contributed by atoms with van der Waals surface area (Å²) in [6, 6.07) is 15.3. The SMILES string of the molecule is O=C(/C=C/c1ccc(CN(CCn2ccnc2)C(=O)NC(=O)c2ccccc2)cc1)NO. The van der Waals surface area contributed by atoms with Crippen molar-refractivity contribution in [1.29, 1.82) is 0 Å². The van der Waals surface area contributed by atoms with E-state index < -0.39 is 17.8 Å². The third-order valence-electron chi connectivity index (χ3n) is 4.62. The van der Waals surface area contributed by atoms with Crippen LogP contribution in [-0.4, -0.2) is 44.0 Å². The highest BCUT2D eigenvalue weighted by molar-refractivity contribution is 6.04. The smallest absolute Gasteiger partial charge is 0.324 e. The zero-order chi connectivity index (χ0) is 22.8. The lowest BCUT2D eigenvalue weighted by molar-refractivity contribution is -0.124.